The van der Waals surface area contributed by atoms with Crippen molar-refractivity contribution in [1.29, 1.82) is 0 Å². The van der Waals surface area contributed by atoms with Crippen molar-refractivity contribution in [2.75, 3.05) is 11.9 Å². The van der Waals surface area contributed by atoms with E-state index in [9.17, 15) is 13.2 Å². The van der Waals surface area contributed by atoms with Gasteiger partial charge in [0.25, 0.3) is 0 Å². The van der Waals surface area contributed by atoms with Crippen LogP contribution in [-0.4, -0.2) is 11.5 Å². The molecule has 0 aliphatic carbocycles. The molecule has 20 heavy (non-hydrogen) atoms. The number of nitrogens with one attached hydrogen (secondary N) is 1. The van der Waals surface area contributed by atoms with Gasteiger partial charge in [-0.1, -0.05) is 45.6 Å². The number of halogens is 3. The van der Waals surface area contributed by atoms with E-state index in [1.165, 1.54) is 25.3 Å². The molecule has 2 nitrogen and oxygen atoms in total. The van der Waals surface area contributed by atoms with Gasteiger partial charge in [-0.15, -0.1) is 0 Å². The lowest BCUT2D eigenvalue weighted by Gasteiger charge is -2.09. The first-order valence-electron chi connectivity index (χ1n) is 7.17. The second-order valence-electron chi connectivity index (χ2n) is 5.43. The van der Waals surface area contributed by atoms with Crippen LogP contribution in [0, 0.1) is 5.92 Å². The van der Waals surface area contributed by atoms with Gasteiger partial charge in [0.1, 0.15) is 11.5 Å². The number of alkyl halides is 3. The molecule has 1 rings (SSSR count). The summed E-state index contributed by atoms with van der Waals surface area (Å²) < 4.78 is 37.4. The van der Waals surface area contributed by atoms with Gasteiger partial charge in [-0.25, -0.2) is 4.98 Å². The van der Waals surface area contributed by atoms with Gasteiger partial charge in [-0.3, -0.25) is 0 Å². The Morgan fingerprint density at radius 1 is 1.10 bits per heavy atom. The Kier molecular flexibility index (Phi) is 6.82. The molecule has 0 aliphatic rings. The van der Waals surface area contributed by atoms with Crippen molar-refractivity contribution in [3.05, 3.63) is 23.9 Å². The smallest absolute Gasteiger partial charge is 0.370 e. The maximum absolute atomic E-state index is 12.5. The molecule has 114 valence electrons. The van der Waals surface area contributed by atoms with Gasteiger partial charge in [0.2, 0.25) is 0 Å². The number of rotatable bonds is 8. The topological polar surface area (TPSA) is 24.9 Å². The molecule has 0 aliphatic heterocycles. The first kappa shape index (κ1) is 16.8. The molecule has 0 atom stereocenters. The summed E-state index contributed by atoms with van der Waals surface area (Å²) in [5.74, 6) is 1.03. The van der Waals surface area contributed by atoms with E-state index in [0.717, 1.165) is 24.8 Å². The highest BCUT2D eigenvalue weighted by Gasteiger charge is 2.32. The second kappa shape index (κ2) is 8.12. The minimum atomic E-state index is -4.38. The van der Waals surface area contributed by atoms with Crippen molar-refractivity contribution >= 4 is 5.82 Å². The maximum Gasteiger partial charge on any atom is 0.433 e. The predicted octanol–water partition coefficient (Wildman–Crippen LogP) is 5.12. The molecule has 0 radical (unpaired) electrons. The van der Waals surface area contributed by atoms with Gasteiger partial charge in [0.15, 0.2) is 0 Å². The molecular formula is C15H23F3N2. The summed E-state index contributed by atoms with van der Waals surface area (Å²) in [6.45, 7) is 5.08. The van der Waals surface area contributed by atoms with Gasteiger partial charge < -0.3 is 5.32 Å². The lowest BCUT2D eigenvalue weighted by Crippen LogP contribution is -2.10. The molecule has 0 fully saturated rings. The van der Waals surface area contributed by atoms with Gasteiger partial charge in [-0.2, -0.15) is 13.2 Å². The van der Waals surface area contributed by atoms with Crippen molar-refractivity contribution in [3.63, 3.8) is 0 Å². The molecule has 0 bridgehead atoms. The number of anilines is 1. The number of aromatic nitrogens is 1. The van der Waals surface area contributed by atoms with Crippen LogP contribution in [0.2, 0.25) is 0 Å². The van der Waals surface area contributed by atoms with E-state index in [-0.39, 0.29) is 0 Å². The van der Waals surface area contributed by atoms with Crippen LogP contribution in [0.25, 0.3) is 0 Å². The number of unbranched alkanes of at least 4 members (excludes halogenated alkanes) is 3. The SMILES string of the molecule is CC(C)CCCCCCNc1cccc(C(F)(F)F)n1. The largest absolute Gasteiger partial charge is 0.433 e. The maximum atomic E-state index is 12.5. The summed E-state index contributed by atoms with van der Waals surface area (Å²) in [6, 6.07) is 3.92. The minimum absolute atomic E-state index is 0.294. The third kappa shape index (κ3) is 6.78. The van der Waals surface area contributed by atoms with Crippen LogP contribution in [0.1, 0.15) is 51.6 Å². The number of hydrogen-bond acceptors (Lipinski definition) is 2. The Bertz CT molecular complexity index is 389. The molecule has 0 unspecified atom stereocenters. The average molecular weight is 288 g/mol. The van der Waals surface area contributed by atoms with E-state index in [0.29, 0.717) is 12.4 Å². The third-order valence-corrected chi connectivity index (χ3v) is 3.05. The standard InChI is InChI=1S/C15H23F3N2/c1-12(2)8-5-3-4-6-11-19-14-10-7-9-13(20-14)15(16,17)18/h7,9-10,12H,3-6,8,11H2,1-2H3,(H,19,20). The zero-order valence-corrected chi connectivity index (χ0v) is 12.1. The lowest BCUT2D eigenvalue weighted by molar-refractivity contribution is -0.141. The first-order valence-corrected chi connectivity index (χ1v) is 7.17. The molecule has 1 N–H and O–H groups in total. The molecule has 5 heteroatoms. The van der Waals surface area contributed by atoms with Crippen LogP contribution in [0.15, 0.2) is 18.2 Å². The normalized spacial score (nSPS) is 11.9. The highest BCUT2D eigenvalue weighted by atomic mass is 19.4. The molecule has 1 heterocycles. The van der Waals surface area contributed by atoms with Crippen molar-refractivity contribution in [2.24, 2.45) is 5.92 Å². The van der Waals surface area contributed by atoms with Gasteiger partial charge in [-0.05, 0) is 24.5 Å². The summed E-state index contributed by atoms with van der Waals surface area (Å²) in [7, 11) is 0. The van der Waals surface area contributed by atoms with Crippen LogP contribution < -0.4 is 5.32 Å². The summed E-state index contributed by atoms with van der Waals surface area (Å²) in [5, 5.41) is 2.95. The summed E-state index contributed by atoms with van der Waals surface area (Å²) in [6.07, 6.45) is 1.31. The second-order valence-corrected chi connectivity index (χ2v) is 5.43. The Labute approximate surface area is 118 Å². The molecule has 1 aromatic rings. The van der Waals surface area contributed by atoms with Crippen LogP contribution in [0.4, 0.5) is 19.0 Å². The van der Waals surface area contributed by atoms with Crippen molar-refractivity contribution in [1.82, 2.24) is 4.98 Å². The van der Waals surface area contributed by atoms with Gasteiger partial charge >= 0.3 is 6.18 Å². The van der Waals surface area contributed by atoms with Crippen LogP contribution in [0.3, 0.4) is 0 Å². The van der Waals surface area contributed by atoms with Gasteiger partial charge in [0.05, 0.1) is 0 Å². The fourth-order valence-electron chi connectivity index (χ4n) is 1.94. The number of nitrogens with zero attached hydrogens (tertiary/aromatic N) is 1. The molecule has 0 spiro atoms. The third-order valence-electron chi connectivity index (χ3n) is 3.05. The Morgan fingerprint density at radius 3 is 2.45 bits per heavy atom. The molecule has 1 aromatic heterocycles. The first-order chi connectivity index (χ1) is 9.39. The lowest BCUT2D eigenvalue weighted by atomic mass is 10.0. The Hall–Kier alpha value is -1.26. The zero-order valence-electron chi connectivity index (χ0n) is 12.1. The summed E-state index contributed by atoms with van der Waals surface area (Å²) in [4.78, 5) is 3.57. The molecular weight excluding hydrogens is 265 g/mol. The Morgan fingerprint density at radius 2 is 1.80 bits per heavy atom. The van der Waals surface area contributed by atoms with Crippen molar-refractivity contribution in [3.8, 4) is 0 Å². The predicted molar refractivity (Wildman–Crippen MR) is 75.7 cm³/mol. The highest BCUT2D eigenvalue weighted by molar-refractivity contribution is 5.35. The summed E-state index contributed by atoms with van der Waals surface area (Å²) in [5.41, 5.74) is -0.848. The quantitative estimate of drug-likeness (QED) is 0.672. The van der Waals surface area contributed by atoms with E-state index in [2.05, 4.69) is 24.1 Å². The molecule has 0 saturated carbocycles. The van der Waals surface area contributed by atoms with Crippen LogP contribution in [0.5, 0.6) is 0 Å². The highest BCUT2D eigenvalue weighted by Crippen LogP contribution is 2.28. The molecule has 0 amide bonds. The van der Waals surface area contributed by atoms with E-state index < -0.39 is 11.9 Å². The minimum Gasteiger partial charge on any atom is -0.370 e. The number of pyridine rings is 1. The summed E-state index contributed by atoms with van der Waals surface area (Å²) >= 11 is 0. The van der Waals surface area contributed by atoms with Gasteiger partial charge in [0, 0.05) is 6.54 Å². The number of hydrogen-bond donors (Lipinski definition) is 1. The van der Waals surface area contributed by atoms with E-state index in [4.69, 9.17) is 0 Å². The van der Waals surface area contributed by atoms with Crippen molar-refractivity contribution < 1.29 is 13.2 Å². The molecule has 0 saturated heterocycles. The van der Waals surface area contributed by atoms with Crippen LogP contribution in [-0.2, 0) is 6.18 Å². The van der Waals surface area contributed by atoms with Crippen LogP contribution >= 0.6 is 0 Å². The van der Waals surface area contributed by atoms with E-state index in [1.807, 2.05) is 0 Å². The molecule has 0 aromatic carbocycles. The average Bonchev–Trinajstić information content (AvgIpc) is 2.36. The van der Waals surface area contributed by atoms with E-state index >= 15 is 0 Å². The van der Waals surface area contributed by atoms with Crippen molar-refractivity contribution in [2.45, 2.75) is 52.1 Å². The fourth-order valence-corrected chi connectivity index (χ4v) is 1.94. The Balaban J connectivity index is 2.22. The monoisotopic (exact) mass is 288 g/mol. The zero-order chi connectivity index (χ0) is 15.0. The fraction of sp³-hybridized carbons (Fsp3) is 0.667. The van der Waals surface area contributed by atoms with E-state index in [1.54, 1.807) is 6.07 Å².